The van der Waals surface area contributed by atoms with E-state index < -0.39 is 47.3 Å². The molecule has 9 nitrogen and oxygen atoms in total. The molecule has 0 aliphatic heterocycles. The van der Waals surface area contributed by atoms with E-state index >= 15 is 0 Å². The van der Waals surface area contributed by atoms with E-state index in [9.17, 15) is 30.0 Å². The predicted molar refractivity (Wildman–Crippen MR) is 151 cm³/mol. The number of aromatic amines is 1. The number of aromatic nitrogens is 4. The highest BCUT2D eigenvalue weighted by molar-refractivity contribution is 7.92. The molecule has 3 aromatic carbocycles. The zero-order chi connectivity index (χ0) is 30.4. The van der Waals surface area contributed by atoms with E-state index in [2.05, 4.69) is 24.9 Å². The van der Waals surface area contributed by atoms with Crippen LogP contribution in [0.4, 0.5) is 18.9 Å². The van der Waals surface area contributed by atoms with Gasteiger partial charge in [0.05, 0.1) is 43.8 Å². The number of hydrogen-bond donors (Lipinski definition) is 2. The number of fused-ring (bicyclic) bond motifs is 1. The Labute approximate surface area is 247 Å². The van der Waals surface area contributed by atoms with Gasteiger partial charge in [-0.3, -0.25) is 9.82 Å². The molecule has 2 heterocycles. The molecular formula is C26H18Cl2F3N5O4S2. The summed E-state index contributed by atoms with van der Waals surface area (Å²) in [6, 6.07) is 12.9. The van der Waals surface area contributed by atoms with Crippen molar-refractivity contribution >= 4 is 59.9 Å². The van der Waals surface area contributed by atoms with Gasteiger partial charge in [0.15, 0.2) is 9.84 Å². The van der Waals surface area contributed by atoms with Crippen LogP contribution in [-0.2, 0) is 31.8 Å². The van der Waals surface area contributed by atoms with Gasteiger partial charge in [-0.1, -0.05) is 41.4 Å². The molecule has 2 aromatic heterocycles. The Balaban J connectivity index is 1.35. The van der Waals surface area contributed by atoms with Gasteiger partial charge in [0.2, 0.25) is 5.65 Å². The van der Waals surface area contributed by atoms with Gasteiger partial charge >= 0.3 is 6.18 Å². The van der Waals surface area contributed by atoms with Crippen LogP contribution in [0.1, 0.15) is 16.8 Å². The summed E-state index contributed by atoms with van der Waals surface area (Å²) in [7, 11) is -8.12. The molecule has 0 unspecified atom stereocenters. The van der Waals surface area contributed by atoms with Gasteiger partial charge in [-0.2, -0.15) is 18.3 Å². The molecule has 0 amide bonds. The molecule has 0 radical (unpaired) electrons. The fourth-order valence-corrected chi connectivity index (χ4v) is 7.58. The van der Waals surface area contributed by atoms with Crippen molar-refractivity contribution in [3.05, 3.63) is 93.7 Å². The molecule has 0 aliphatic rings. The lowest BCUT2D eigenvalue weighted by molar-refractivity contribution is -0.137. The van der Waals surface area contributed by atoms with Gasteiger partial charge in [0.25, 0.3) is 10.0 Å². The van der Waals surface area contributed by atoms with Crippen LogP contribution >= 0.6 is 23.2 Å². The Morgan fingerprint density at radius 2 is 1.57 bits per heavy atom. The highest BCUT2D eigenvalue weighted by Crippen LogP contribution is 2.34. The second-order valence-electron chi connectivity index (χ2n) is 9.15. The van der Waals surface area contributed by atoms with Crippen molar-refractivity contribution in [2.45, 2.75) is 28.6 Å². The Bertz CT molecular complexity index is 2050. The van der Waals surface area contributed by atoms with Crippen molar-refractivity contribution in [1.82, 2.24) is 20.2 Å². The summed E-state index contributed by atoms with van der Waals surface area (Å²) in [4.78, 5) is 8.13. The predicted octanol–water partition coefficient (Wildman–Crippen LogP) is 6.43. The van der Waals surface area contributed by atoms with Crippen molar-refractivity contribution in [2.24, 2.45) is 0 Å². The lowest BCUT2D eigenvalue weighted by atomic mass is 10.1. The van der Waals surface area contributed by atoms with Gasteiger partial charge in [0, 0.05) is 11.3 Å². The van der Waals surface area contributed by atoms with Gasteiger partial charge in [0.1, 0.15) is 10.4 Å². The first-order valence-electron chi connectivity index (χ1n) is 11.8. The zero-order valence-corrected chi connectivity index (χ0v) is 24.4. The Hall–Kier alpha value is -3.72. The first-order chi connectivity index (χ1) is 19.6. The summed E-state index contributed by atoms with van der Waals surface area (Å²) in [6.45, 7) is 1.79. The van der Waals surface area contributed by atoms with E-state index in [4.69, 9.17) is 23.2 Å². The molecule has 2 N–H and O–H groups in total. The number of nitrogens with zero attached hydrogens (tertiary/aromatic N) is 3. The Morgan fingerprint density at radius 1 is 0.905 bits per heavy atom. The van der Waals surface area contributed by atoms with Crippen LogP contribution in [0.5, 0.6) is 0 Å². The fourth-order valence-electron chi connectivity index (χ4n) is 4.02. The quantitative estimate of drug-likeness (QED) is 0.206. The molecule has 0 atom stereocenters. The number of anilines is 1. The summed E-state index contributed by atoms with van der Waals surface area (Å²) >= 11 is 12.0. The highest BCUT2D eigenvalue weighted by atomic mass is 35.5. The van der Waals surface area contributed by atoms with Crippen LogP contribution in [0, 0.1) is 6.92 Å². The summed E-state index contributed by atoms with van der Waals surface area (Å²) in [5.41, 5.74) is 1.26. The van der Waals surface area contributed by atoms with E-state index in [-0.39, 0.29) is 32.5 Å². The SMILES string of the molecule is Cc1ccc(S(=O)(=O)Nc2ccc(-c3cnc4c(CS(=O)(=O)c5ccc(C(F)(F)F)cc5Cl)[nH]nc4n3)cc2)c(Cl)c1. The molecule has 16 heteroatoms. The lowest BCUT2D eigenvalue weighted by Gasteiger charge is -2.11. The van der Waals surface area contributed by atoms with Crippen LogP contribution in [0.15, 0.2) is 76.7 Å². The molecule has 0 bridgehead atoms. The van der Waals surface area contributed by atoms with Gasteiger partial charge < -0.3 is 0 Å². The highest BCUT2D eigenvalue weighted by Gasteiger charge is 2.32. The van der Waals surface area contributed by atoms with Crippen LogP contribution in [0.25, 0.3) is 22.4 Å². The number of hydrogen-bond acceptors (Lipinski definition) is 7. The number of sulfonamides is 1. The normalized spacial score (nSPS) is 12.5. The minimum Gasteiger partial charge on any atom is -0.280 e. The number of nitrogens with one attached hydrogen (secondary N) is 2. The first-order valence-corrected chi connectivity index (χ1v) is 15.7. The second-order valence-corrected chi connectivity index (χ2v) is 13.6. The maximum Gasteiger partial charge on any atom is 0.416 e. The Kier molecular flexibility index (Phi) is 7.68. The molecule has 218 valence electrons. The number of rotatable bonds is 7. The van der Waals surface area contributed by atoms with Gasteiger partial charge in [-0.15, -0.1) is 0 Å². The topological polar surface area (TPSA) is 135 Å². The monoisotopic (exact) mass is 655 g/mol. The minimum absolute atomic E-state index is 0.0629. The maximum absolute atomic E-state index is 13.0. The molecule has 42 heavy (non-hydrogen) atoms. The smallest absolute Gasteiger partial charge is 0.280 e. The average Bonchev–Trinajstić information content (AvgIpc) is 3.29. The maximum atomic E-state index is 13.0. The van der Waals surface area contributed by atoms with E-state index in [0.717, 1.165) is 11.6 Å². The number of halogens is 5. The van der Waals surface area contributed by atoms with Crippen LogP contribution < -0.4 is 4.72 Å². The molecule has 0 saturated carbocycles. The van der Waals surface area contributed by atoms with Crippen molar-refractivity contribution in [2.75, 3.05) is 4.72 Å². The molecule has 0 spiro atoms. The van der Waals surface area contributed by atoms with Crippen LogP contribution in [0.3, 0.4) is 0 Å². The number of alkyl halides is 3. The summed E-state index contributed by atoms with van der Waals surface area (Å²) < 4.78 is 92.7. The van der Waals surface area contributed by atoms with E-state index in [0.29, 0.717) is 23.4 Å². The molecular weight excluding hydrogens is 638 g/mol. The summed E-state index contributed by atoms with van der Waals surface area (Å²) in [5.74, 6) is -0.664. The zero-order valence-electron chi connectivity index (χ0n) is 21.2. The third kappa shape index (κ3) is 6.07. The van der Waals surface area contributed by atoms with Crippen molar-refractivity contribution in [1.29, 1.82) is 0 Å². The molecule has 0 fully saturated rings. The van der Waals surface area contributed by atoms with E-state index in [1.807, 2.05) is 0 Å². The third-order valence-corrected chi connectivity index (χ3v) is 10.1. The summed E-state index contributed by atoms with van der Waals surface area (Å²) in [6.07, 6.45) is -3.30. The standard InChI is InChI=1S/C26H18Cl2F3N5O4S2/c1-14-2-8-23(18(27)10-14)42(39,40)36-17-6-3-15(4-7-17)20-12-32-24-21(34-35-25(24)33-20)13-41(37,38)22-9-5-16(11-19(22)28)26(29,30)31/h2-12,36H,13H2,1H3,(H,33,34,35). The number of sulfone groups is 1. The lowest BCUT2D eigenvalue weighted by Crippen LogP contribution is -2.13. The van der Waals surface area contributed by atoms with E-state index in [1.165, 1.54) is 24.4 Å². The average molecular weight is 656 g/mol. The largest absolute Gasteiger partial charge is 0.416 e. The number of aryl methyl sites for hydroxylation is 1. The molecule has 0 aliphatic carbocycles. The first kappa shape index (κ1) is 29.8. The Morgan fingerprint density at radius 3 is 2.21 bits per heavy atom. The molecule has 0 saturated heterocycles. The van der Waals surface area contributed by atoms with Crippen LogP contribution in [0.2, 0.25) is 10.0 Å². The van der Waals surface area contributed by atoms with Crippen LogP contribution in [-0.4, -0.2) is 37.0 Å². The van der Waals surface area contributed by atoms with Gasteiger partial charge in [-0.05, 0) is 55.0 Å². The molecule has 5 aromatic rings. The minimum atomic E-state index is -4.68. The number of H-pyrrole nitrogens is 1. The number of benzene rings is 3. The van der Waals surface area contributed by atoms with Crippen molar-refractivity contribution < 1.29 is 30.0 Å². The molecule has 5 rings (SSSR count). The van der Waals surface area contributed by atoms with Crippen molar-refractivity contribution in [3.63, 3.8) is 0 Å². The summed E-state index contributed by atoms with van der Waals surface area (Å²) in [5, 5.41) is 6.12. The third-order valence-electron chi connectivity index (χ3n) is 6.08. The van der Waals surface area contributed by atoms with E-state index in [1.54, 1.807) is 31.2 Å². The van der Waals surface area contributed by atoms with Gasteiger partial charge in [-0.25, -0.2) is 26.8 Å². The van der Waals surface area contributed by atoms with Crippen molar-refractivity contribution in [3.8, 4) is 11.3 Å². The second kappa shape index (κ2) is 10.8. The fraction of sp³-hybridized carbons (Fsp3) is 0.115.